The Balaban J connectivity index is 1.91. The second-order valence-corrected chi connectivity index (χ2v) is 4.77. The number of anilines is 1. The molecule has 1 fully saturated rings. The van der Waals surface area contributed by atoms with Gasteiger partial charge in [-0.1, -0.05) is 0 Å². The van der Waals surface area contributed by atoms with Crippen molar-refractivity contribution in [3.05, 3.63) is 23.8 Å². The van der Waals surface area contributed by atoms with Crippen LogP contribution in [0, 0.1) is 0 Å². The van der Waals surface area contributed by atoms with Crippen LogP contribution in [-0.2, 0) is 0 Å². The molecule has 0 unspecified atom stereocenters. The fraction of sp³-hybridized carbons (Fsp3) is 0.385. The Kier molecular flexibility index (Phi) is 2.87. The van der Waals surface area contributed by atoms with Gasteiger partial charge in [0.15, 0.2) is 5.58 Å². The maximum absolute atomic E-state index is 10.9. The number of likely N-dealkylation sites (N-methyl/N-ethyl adjacent to an activating group) is 1. The van der Waals surface area contributed by atoms with Crippen molar-refractivity contribution in [3.8, 4) is 0 Å². The Hall–Kier alpha value is -2.08. The number of benzene rings is 1. The van der Waals surface area contributed by atoms with Gasteiger partial charge in [0.25, 0.3) is 6.01 Å². The van der Waals surface area contributed by atoms with Crippen LogP contribution in [0.4, 0.5) is 6.01 Å². The lowest BCUT2D eigenvalue weighted by molar-refractivity contribution is 0.0697. The van der Waals surface area contributed by atoms with Gasteiger partial charge in [-0.2, -0.15) is 4.98 Å². The molecule has 2 aromatic rings. The number of carboxylic acids is 1. The van der Waals surface area contributed by atoms with Crippen molar-refractivity contribution >= 4 is 23.1 Å². The maximum atomic E-state index is 10.9. The molecular formula is C13H15N3O3. The van der Waals surface area contributed by atoms with Crippen molar-refractivity contribution in [2.24, 2.45) is 0 Å². The molecule has 0 bridgehead atoms. The van der Waals surface area contributed by atoms with Crippen LogP contribution in [0.5, 0.6) is 0 Å². The highest BCUT2D eigenvalue weighted by Gasteiger charge is 2.19. The lowest BCUT2D eigenvalue weighted by Crippen LogP contribution is -2.44. The van der Waals surface area contributed by atoms with E-state index < -0.39 is 5.97 Å². The van der Waals surface area contributed by atoms with Crippen LogP contribution in [0.1, 0.15) is 10.4 Å². The van der Waals surface area contributed by atoms with Crippen LogP contribution in [0.15, 0.2) is 22.6 Å². The molecule has 0 radical (unpaired) electrons. The highest BCUT2D eigenvalue weighted by atomic mass is 16.4. The van der Waals surface area contributed by atoms with Crippen LogP contribution >= 0.6 is 0 Å². The lowest BCUT2D eigenvalue weighted by atomic mass is 10.2. The molecule has 6 heteroatoms. The minimum absolute atomic E-state index is 0.216. The van der Waals surface area contributed by atoms with E-state index in [0.29, 0.717) is 17.1 Å². The number of piperazine rings is 1. The maximum Gasteiger partial charge on any atom is 0.335 e. The van der Waals surface area contributed by atoms with Crippen molar-refractivity contribution in [2.75, 3.05) is 38.1 Å². The zero-order valence-electron chi connectivity index (χ0n) is 10.7. The molecule has 0 saturated carbocycles. The summed E-state index contributed by atoms with van der Waals surface area (Å²) in [6, 6.07) is 5.32. The topological polar surface area (TPSA) is 69.8 Å². The molecule has 100 valence electrons. The molecule has 0 spiro atoms. The van der Waals surface area contributed by atoms with Gasteiger partial charge in [0.1, 0.15) is 5.52 Å². The van der Waals surface area contributed by atoms with Crippen LogP contribution < -0.4 is 4.90 Å². The predicted molar refractivity (Wildman–Crippen MR) is 70.7 cm³/mol. The van der Waals surface area contributed by atoms with E-state index in [1.165, 1.54) is 6.07 Å². The van der Waals surface area contributed by atoms with E-state index in [1.54, 1.807) is 12.1 Å². The van der Waals surface area contributed by atoms with Gasteiger partial charge in [-0.15, -0.1) is 0 Å². The Morgan fingerprint density at radius 1 is 1.32 bits per heavy atom. The van der Waals surface area contributed by atoms with Crippen molar-refractivity contribution in [1.29, 1.82) is 0 Å². The second-order valence-electron chi connectivity index (χ2n) is 4.77. The Morgan fingerprint density at radius 3 is 2.74 bits per heavy atom. The summed E-state index contributed by atoms with van der Waals surface area (Å²) in [5.41, 5.74) is 1.43. The summed E-state index contributed by atoms with van der Waals surface area (Å²) in [7, 11) is 2.09. The minimum atomic E-state index is -0.959. The lowest BCUT2D eigenvalue weighted by Gasteiger charge is -2.31. The van der Waals surface area contributed by atoms with Gasteiger partial charge in [-0.25, -0.2) is 4.79 Å². The average molecular weight is 261 g/mol. The number of rotatable bonds is 2. The van der Waals surface area contributed by atoms with Gasteiger partial charge in [-0.3, -0.25) is 0 Å². The Bertz CT molecular complexity index is 615. The largest absolute Gasteiger partial charge is 0.478 e. The smallest absolute Gasteiger partial charge is 0.335 e. The van der Waals surface area contributed by atoms with E-state index in [2.05, 4.69) is 21.8 Å². The summed E-state index contributed by atoms with van der Waals surface area (Å²) < 4.78 is 5.67. The molecule has 19 heavy (non-hydrogen) atoms. The van der Waals surface area contributed by atoms with E-state index in [9.17, 15) is 4.79 Å². The highest BCUT2D eigenvalue weighted by molar-refractivity contribution is 5.92. The SMILES string of the molecule is CN1CCN(c2nc3ccc(C(=O)O)cc3o2)CC1. The molecule has 1 saturated heterocycles. The fourth-order valence-corrected chi connectivity index (χ4v) is 2.18. The van der Waals surface area contributed by atoms with Crippen LogP contribution in [-0.4, -0.2) is 54.2 Å². The van der Waals surface area contributed by atoms with Crippen molar-refractivity contribution in [1.82, 2.24) is 9.88 Å². The molecule has 1 aliphatic rings. The van der Waals surface area contributed by atoms with Crippen LogP contribution in [0.3, 0.4) is 0 Å². The molecule has 1 aromatic carbocycles. The molecule has 0 aliphatic carbocycles. The summed E-state index contributed by atoms with van der Waals surface area (Å²) in [4.78, 5) is 19.7. The molecule has 1 N–H and O–H groups in total. The van der Waals surface area contributed by atoms with Crippen molar-refractivity contribution < 1.29 is 14.3 Å². The van der Waals surface area contributed by atoms with Gasteiger partial charge in [0.05, 0.1) is 5.56 Å². The number of hydrogen-bond acceptors (Lipinski definition) is 5. The third-order valence-corrected chi connectivity index (χ3v) is 3.40. The third kappa shape index (κ3) is 2.26. The molecule has 1 aliphatic heterocycles. The monoisotopic (exact) mass is 261 g/mol. The quantitative estimate of drug-likeness (QED) is 0.878. The van der Waals surface area contributed by atoms with Crippen LogP contribution in [0.2, 0.25) is 0 Å². The molecular weight excluding hydrogens is 246 g/mol. The molecule has 0 amide bonds. The van der Waals surface area contributed by atoms with E-state index >= 15 is 0 Å². The minimum Gasteiger partial charge on any atom is -0.478 e. The summed E-state index contributed by atoms with van der Waals surface area (Å²) in [5.74, 6) is -0.959. The van der Waals surface area contributed by atoms with Gasteiger partial charge in [0, 0.05) is 26.2 Å². The zero-order chi connectivity index (χ0) is 13.4. The Morgan fingerprint density at radius 2 is 2.05 bits per heavy atom. The van der Waals surface area contributed by atoms with Gasteiger partial charge in [-0.05, 0) is 25.2 Å². The number of hydrogen-bond donors (Lipinski definition) is 1. The van der Waals surface area contributed by atoms with Crippen molar-refractivity contribution in [3.63, 3.8) is 0 Å². The molecule has 3 rings (SSSR count). The average Bonchev–Trinajstić information content (AvgIpc) is 2.82. The summed E-state index contributed by atoms with van der Waals surface area (Å²) in [5, 5.41) is 8.95. The van der Waals surface area contributed by atoms with Crippen molar-refractivity contribution in [2.45, 2.75) is 0 Å². The van der Waals surface area contributed by atoms with Gasteiger partial charge < -0.3 is 19.3 Å². The Labute approximate surface area is 110 Å². The van der Waals surface area contributed by atoms with E-state index in [1.807, 2.05) is 0 Å². The standard InChI is InChI=1S/C13H15N3O3/c1-15-4-6-16(7-5-15)13-14-10-3-2-9(12(17)18)8-11(10)19-13/h2-3,8H,4-7H2,1H3,(H,17,18). The van der Waals surface area contributed by atoms with Gasteiger partial charge in [0.2, 0.25) is 0 Å². The normalized spacial score (nSPS) is 17.0. The fourth-order valence-electron chi connectivity index (χ4n) is 2.18. The molecule has 1 aromatic heterocycles. The summed E-state index contributed by atoms with van der Waals surface area (Å²) >= 11 is 0. The highest BCUT2D eigenvalue weighted by Crippen LogP contribution is 2.23. The first-order chi connectivity index (χ1) is 9.13. The third-order valence-electron chi connectivity index (χ3n) is 3.40. The second kappa shape index (κ2) is 4.55. The molecule has 0 atom stereocenters. The zero-order valence-corrected chi connectivity index (χ0v) is 10.7. The summed E-state index contributed by atoms with van der Waals surface area (Å²) in [6.07, 6.45) is 0. The molecule has 6 nitrogen and oxygen atoms in total. The first kappa shape index (κ1) is 12.0. The van der Waals surface area contributed by atoms with E-state index in [-0.39, 0.29) is 5.56 Å². The van der Waals surface area contributed by atoms with Crippen LogP contribution in [0.25, 0.3) is 11.1 Å². The first-order valence-electron chi connectivity index (χ1n) is 6.21. The number of oxazole rings is 1. The number of aromatic carboxylic acids is 1. The number of nitrogens with zero attached hydrogens (tertiary/aromatic N) is 3. The number of fused-ring (bicyclic) bond motifs is 1. The number of aromatic nitrogens is 1. The molecule has 2 heterocycles. The van der Waals surface area contributed by atoms with E-state index in [0.717, 1.165) is 26.2 Å². The number of carbonyl (C=O) groups is 1. The summed E-state index contributed by atoms with van der Waals surface area (Å²) in [6.45, 7) is 3.68. The van der Waals surface area contributed by atoms with Gasteiger partial charge >= 0.3 is 5.97 Å². The van der Waals surface area contributed by atoms with E-state index in [4.69, 9.17) is 9.52 Å². The number of carboxylic acid groups (broad SMARTS) is 1. The first-order valence-corrected chi connectivity index (χ1v) is 6.21. The predicted octanol–water partition coefficient (Wildman–Crippen LogP) is 1.28.